The van der Waals surface area contributed by atoms with E-state index in [1.165, 1.54) is 7.11 Å². The van der Waals surface area contributed by atoms with Gasteiger partial charge in [-0.25, -0.2) is 9.59 Å². The van der Waals surface area contributed by atoms with Crippen LogP contribution in [0.5, 0.6) is 5.75 Å². The van der Waals surface area contributed by atoms with E-state index in [4.69, 9.17) is 16.3 Å². The van der Waals surface area contributed by atoms with Gasteiger partial charge in [-0.05, 0) is 55.3 Å². The summed E-state index contributed by atoms with van der Waals surface area (Å²) < 4.78 is 12.0. The van der Waals surface area contributed by atoms with Crippen molar-refractivity contribution >= 4 is 34.4 Å². The third-order valence-corrected chi connectivity index (χ3v) is 5.09. The number of aromatic nitrogens is 1. The Bertz CT molecular complexity index is 1070. The summed E-state index contributed by atoms with van der Waals surface area (Å²) in [5, 5.41) is 10.6. The van der Waals surface area contributed by atoms with Gasteiger partial charge in [-0.1, -0.05) is 17.7 Å². The lowest BCUT2D eigenvalue weighted by Crippen LogP contribution is -2.12. The van der Waals surface area contributed by atoms with Crippen molar-refractivity contribution in [2.45, 2.75) is 20.4 Å². The second-order valence-electron chi connectivity index (χ2n) is 6.46. The molecule has 0 fully saturated rings. The predicted octanol–water partition coefficient (Wildman–Crippen LogP) is 4.21. The largest absolute Gasteiger partial charge is 0.480 e. The highest BCUT2D eigenvalue weighted by Crippen LogP contribution is 2.30. The summed E-state index contributed by atoms with van der Waals surface area (Å²) in [5.74, 6) is -1.01. The van der Waals surface area contributed by atoms with Gasteiger partial charge in [0.05, 0.1) is 17.7 Å². The van der Waals surface area contributed by atoms with Crippen LogP contribution in [0.4, 0.5) is 0 Å². The SMILES string of the molecule is COC(=O)COc1ccc(Cn2c(C)c(C)c3cc(C(=O)O)ccc32)cc1Cl. The van der Waals surface area contributed by atoms with Crippen molar-refractivity contribution in [3.63, 3.8) is 0 Å². The molecule has 0 unspecified atom stereocenters. The third kappa shape index (κ3) is 3.82. The minimum atomic E-state index is -0.943. The number of hydrogen-bond acceptors (Lipinski definition) is 4. The summed E-state index contributed by atoms with van der Waals surface area (Å²) in [7, 11) is 1.29. The first kappa shape index (κ1) is 19.8. The number of carboxylic acid groups (broad SMARTS) is 1. The molecule has 7 heteroatoms. The molecule has 0 aliphatic rings. The van der Waals surface area contributed by atoms with Crippen LogP contribution in [-0.4, -0.2) is 35.3 Å². The first-order valence-corrected chi connectivity index (χ1v) is 9.00. The number of carbonyl (C=O) groups is 2. The molecule has 1 heterocycles. The number of benzene rings is 2. The van der Waals surface area contributed by atoms with E-state index in [1.54, 1.807) is 24.3 Å². The van der Waals surface area contributed by atoms with Gasteiger partial charge in [0, 0.05) is 23.1 Å². The molecule has 0 spiro atoms. The van der Waals surface area contributed by atoms with Gasteiger partial charge in [-0.2, -0.15) is 0 Å². The van der Waals surface area contributed by atoms with Crippen molar-refractivity contribution in [2.75, 3.05) is 13.7 Å². The van der Waals surface area contributed by atoms with Crippen LogP contribution in [0.2, 0.25) is 5.02 Å². The number of aromatic carboxylic acids is 1. The number of methoxy groups -OCH3 is 1. The number of carbonyl (C=O) groups excluding carboxylic acids is 1. The Hall–Kier alpha value is -2.99. The lowest BCUT2D eigenvalue weighted by atomic mass is 10.1. The molecule has 0 saturated heterocycles. The molecule has 0 bridgehead atoms. The van der Waals surface area contributed by atoms with E-state index in [1.807, 2.05) is 26.0 Å². The molecule has 0 amide bonds. The maximum absolute atomic E-state index is 11.3. The monoisotopic (exact) mass is 401 g/mol. The van der Waals surface area contributed by atoms with Crippen LogP contribution in [0, 0.1) is 13.8 Å². The first-order valence-electron chi connectivity index (χ1n) is 8.62. The second-order valence-corrected chi connectivity index (χ2v) is 6.87. The molecule has 0 aliphatic carbocycles. The molecule has 3 rings (SSSR count). The summed E-state index contributed by atoms with van der Waals surface area (Å²) in [6, 6.07) is 10.5. The van der Waals surface area contributed by atoms with E-state index < -0.39 is 11.9 Å². The molecule has 0 radical (unpaired) electrons. The normalized spacial score (nSPS) is 10.9. The molecule has 1 aromatic heterocycles. The summed E-state index contributed by atoms with van der Waals surface area (Å²) >= 11 is 6.29. The topological polar surface area (TPSA) is 77.8 Å². The number of carboxylic acids is 1. The van der Waals surface area contributed by atoms with Crippen LogP contribution < -0.4 is 4.74 Å². The number of halogens is 1. The number of rotatable bonds is 6. The van der Waals surface area contributed by atoms with Gasteiger partial charge >= 0.3 is 11.9 Å². The Balaban J connectivity index is 1.90. The summed E-state index contributed by atoms with van der Waals surface area (Å²) in [6.07, 6.45) is 0. The highest BCUT2D eigenvalue weighted by molar-refractivity contribution is 6.32. The fraction of sp³-hybridized carbons (Fsp3) is 0.238. The van der Waals surface area contributed by atoms with Gasteiger partial charge in [-0.3, -0.25) is 0 Å². The molecule has 146 valence electrons. The average molecular weight is 402 g/mol. The maximum Gasteiger partial charge on any atom is 0.343 e. The molecular formula is C21H20ClNO5. The first-order chi connectivity index (χ1) is 13.3. The van der Waals surface area contributed by atoms with E-state index in [-0.39, 0.29) is 12.2 Å². The molecule has 6 nitrogen and oxygen atoms in total. The van der Waals surface area contributed by atoms with Crippen molar-refractivity contribution in [3.8, 4) is 5.75 Å². The summed E-state index contributed by atoms with van der Waals surface area (Å²) in [6.45, 7) is 4.35. The van der Waals surface area contributed by atoms with Gasteiger partial charge < -0.3 is 19.1 Å². The minimum absolute atomic E-state index is 0.206. The predicted molar refractivity (Wildman–Crippen MR) is 106 cm³/mol. The van der Waals surface area contributed by atoms with Crippen molar-refractivity contribution in [1.29, 1.82) is 0 Å². The summed E-state index contributed by atoms with van der Waals surface area (Å²) in [5.41, 5.74) is 4.28. The molecule has 1 N–H and O–H groups in total. The smallest absolute Gasteiger partial charge is 0.343 e. The fourth-order valence-electron chi connectivity index (χ4n) is 3.12. The highest BCUT2D eigenvalue weighted by atomic mass is 35.5. The lowest BCUT2D eigenvalue weighted by Gasteiger charge is -2.12. The molecule has 2 aromatic carbocycles. The third-order valence-electron chi connectivity index (χ3n) is 4.80. The second kappa shape index (κ2) is 7.94. The maximum atomic E-state index is 11.3. The van der Waals surface area contributed by atoms with E-state index >= 15 is 0 Å². The number of aryl methyl sites for hydroxylation is 1. The summed E-state index contributed by atoms with van der Waals surface area (Å²) in [4.78, 5) is 22.5. The molecular weight excluding hydrogens is 382 g/mol. The van der Waals surface area contributed by atoms with Crippen molar-refractivity contribution < 1.29 is 24.2 Å². The number of esters is 1. The van der Waals surface area contributed by atoms with Crippen LogP contribution >= 0.6 is 11.6 Å². The van der Waals surface area contributed by atoms with Gasteiger partial charge in [0.25, 0.3) is 0 Å². The Morgan fingerprint density at radius 1 is 1.14 bits per heavy atom. The minimum Gasteiger partial charge on any atom is -0.480 e. The van der Waals surface area contributed by atoms with Gasteiger partial charge in [0.15, 0.2) is 6.61 Å². The van der Waals surface area contributed by atoms with Crippen molar-refractivity contribution in [2.24, 2.45) is 0 Å². The number of fused-ring (bicyclic) bond motifs is 1. The van der Waals surface area contributed by atoms with Crippen LogP contribution in [0.3, 0.4) is 0 Å². The molecule has 0 atom stereocenters. The van der Waals surface area contributed by atoms with E-state index in [0.29, 0.717) is 17.3 Å². The average Bonchev–Trinajstić information content (AvgIpc) is 2.91. The zero-order valence-electron chi connectivity index (χ0n) is 15.8. The van der Waals surface area contributed by atoms with E-state index in [2.05, 4.69) is 9.30 Å². The Kier molecular flexibility index (Phi) is 5.61. The van der Waals surface area contributed by atoms with Gasteiger partial charge in [-0.15, -0.1) is 0 Å². The van der Waals surface area contributed by atoms with Crippen molar-refractivity contribution in [1.82, 2.24) is 4.57 Å². The van der Waals surface area contributed by atoms with Crippen LogP contribution in [0.1, 0.15) is 27.2 Å². The van der Waals surface area contributed by atoms with Crippen molar-refractivity contribution in [3.05, 3.63) is 63.8 Å². The quantitative estimate of drug-likeness (QED) is 0.626. The molecule has 0 aliphatic heterocycles. The molecule has 3 aromatic rings. The Labute approximate surface area is 167 Å². The zero-order chi connectivity index (χ0) is 20.4. The van der Waals surface area contributed by atoms with Gasteiger partial charge in [0.1, 0.15) is 5.75 Å². The zero-order valence-corrected chi connectivity index (χ0v) is 16.5. The lowest BCUT2D eigenvalue weighted by molar-refractivity contribution is -0.142. The molecule has 28 heavy (non-hydrogen) atoms. The standard InChI is InChI=1S/C21H20ClNO5/c1-12-13(2)23(18-6-5-15(21(25)26)9-16(12)18)10-14-4-7-19(17(22)8-14)28-11-20(24)27-3/h4-9H,10-11H2,1-3H3,(H,25,26). The van der Waals surface area contributed by atoms with E-state index in [0.717, 1.165) is 27.7 Å². The van der Waals surface area contributed by atoms with E-state index in [9.17, 15) is 14.7 Å². The number of ether oxygens (including phenoxy) is 2. The Morgan fingerprint density at radius 2 is 1.89 bits per heavy atom. The molecule has 0 saturated carbocycles. The van der Waals surface area contributed by atoms with Crippen LogP contribution in [0.15, 0.2) is 36.4 Å². The highest BCUT2D eigenvalue weighted by Gasteiger charge is 2.14. The van der Waals surface area contributed by atoms with Gasteiger partial charge in [0.2, 0.25) is 0 Å². The van der Waals surface area contributed by atoms with Crippen LogP contribution in [-0.2, 0) is 16.1 Å². The Morgan fingerprint density at radius 3 is 2.54 bits per heavy atom. The van der Waals surface area contributed by atoms with Crippen LogP contribution in [0.25, 0.3) is 10.9 Å². The fourth-order valence-corrected chi connectivity index (χ4v) is 3.38. The number of nitrogens with zero attached hydrogens (tertiary/aromatic N) is 1. The number of hydrogen-bond donors (Lipinski definition) is 1.